The monoisotopic (exact) mass is 292 g/mol. The van der Waals surface area contributed by atoms with Crippen LogP contribution in [-0.4, -0.2) is 9.97 Å². The molecule has 0 aliphatic heterocycles. The van der Waals surface area contributed by atoms with Gasteiger partial charge in [-0.3, -0.25) is 0 Å². The summed E-state index contributed by atoms with van der Waals surface area (Å²) in [7, 11) is 0. The summed E-state index contributed by atoms with van der Waals surface area (Å²) < 4.78 is 1.31. The standard InChI is InChI=1S/C18H16N2S/c1-13-10-11-14(2)18-17(13)20-16(21-18)9-4-3-7-15-8-5-6-12-19-15/h5-6,8,10-12H,4,9H2,1-2H3. The molecule has 2 nitrogen and oxygen atoms in total. The molecular formula is C18H16N2S. The molecule has 3 heteroatoms. The van der Waals surface area contributed by atoms with Gasteiger partial charge in [0.1, 0.15) is 5.69 Å². The van der Waals surface area contributed by atoms with E-state index in [0.717, 1.165) is 29.1 Å². The zero-order valence-corrected chi connectivity index (χ0v) is 13.0. The summed E-state index contributed by atoms with van der Waals surface area (Å²) in [6.07, 6.45) is 3.48. The highest BCUT2D eigenvalue weighted by Crippen LogP contribution is 2.28. The molecule has 0 amide bonds. The Morgan fingerprint density at radius 3 is 2.71 bits per heavy atom. The molecule has 0 saturated heterocycles. The number of rotatable bonds is 2. The number of pyridine rings is 1. The van der Waals surface area contributed by atoms with E-state index in [1.807, 2.05) is 18.2 Å². The van der Waals surface area contributed by atoms with Crippen LogP contribution in [0.5, 0.6) is 0 Å². The lowest BCUT2D eigenvalue weighted by molar-refractivity contribution is 1.01. The summed E-state index contributed by atoms with van der Waals surface area (Å²) in [6.45, 7) is 4.26. The first-order valence-corrected chi connectivity index (χ1v) is 7.81. The molecule has 0 unspecified atom stereocenters. The molecule has 2 aromatic heterocycles. The van der Waals surface area contributed by atoms with Gasteiger partial charge in [-0.25, -0.2) is 9.97 Å². The van der Waals surface area contributed by atoms with E-state index >= 15 is 0 Å². The third-order valence-corrected chi connectivity index (χ3v) is 4.58. The number of nitrogens with zero attached hydrogens (tertiary/aromatic N) is 2. The molecule has 21 heavy (non-hydrogen) atoms. The molecule has 0 aliphatic carbocycles. The van der Waals surface area contributed by atoms with Gasteiger partial charge < -0.3 is 0 Å². The highest BCUT2D eigenvalue weighted by atomic mass is 32.1. The van der Waals surface area contributed by atoms with Crippen molar-refractivity contribution in [3.63, 3.8) is 0 Å². The largest absolute Gasteiger partial charge is 0.248 e. The van der Waals surface area contributed by atoms with Gasteiger partial charge in [-0.1, -0.05) is 24.1 Å². The minimum absolute atomic E-state index is 0.814. The van der Waals surface area contributed by atoms with Gasteiger partial charge in [-0.15, -0.1) is 11.3 Å². The van der Waals surface area contributed by atoms with Crippen molar-refractivity contribution in [2.24, 2.45) is 0 Å². The summed E-state index contributed by atoms with van der Waals surface area (Å²) in [5.41, 5.74) is 4.53. The van der Waals surface area contributed by atoms with Crippen LogP contribution in [0.25, 0.3) is 10.2 Å². The Morgan fingerprint density at radius 2 is 1.95 bits per heavy atom. The molecule has 2 heterocycles. The number of thiazole rings is 1. The van der Waals surface area contributed by atoms with Crippen LogP contribution in [0, 0.1) is 25.7 Å². The van der Waals surface area contributed by atoms with Crippen molar-refractivity contribution in [1.29, 1.82) is 0 Å². The quantitative estimate of drug-likeness (QED) is 0.658. The van der Waals surface area contributed by atoms with E-state index in [1.54, 1.807) is 17.5 Å². The lowest BCUT2D eigenvalue weighted by Gasteiger charge is -1.96. The molecule has 0 fully saturated rings. The predicted molar refractivity (Wildman–Crippen MR) is 88.5 cm³/mol. The first kappa shape index (κ1) is 13.8. The molecule has 0 atom stereocenters. The molecule has 0 N–H and O–H groups in total. The Bertz CT molecular complexity index is 784. The summed E-state index contributed by atoms with van der Waals surface area (Å²) in [4.78, 5) is 8.95. The Kier molecular flexibility index (Phi) is 3.98. The predicted octanol–water partition coefficient (Wildman–Crippen LogP) is 4.29. The maximum absolute atomic E-state index is 4.75. The second-order valence-corrected chi connectivity index (χ2v) is 6.09. The van der Waals surface area contributed by atoms with Crippen LogP contribution >= 0.6 is 11.3 Å². The number of fused-ring (bicyclic) bond motifs is 1. The van der Waals surface area contributed by atoms with Crippen LogP contribution in [0.15, 0.2) is 36.5 Å². The highest BCUT2D eigenvalue weighted by Gasteiger charge is 2.07. The van der Waals surface area contributed by atoms with Crippen LogP contribution in [0.4, 0.5) is 0 Å². The molecule has 3 aromatic rings. The zero-order chi connectivity index (χ0) is 14.7. The number of hydrogen-bond donors (Lipinski definition) is 0. The molecule has 0 bridgehead atoms. The third kappa shape index (κ3) is 3.12. The highest BCUT2D eigenvalue weighted by molar-refractivity contribution is 7.18. The minimum Gasteiger partial charge on any atom is -0.248 e. The smallest absolute Gasteiger partial charge is 0.113 e. The fraction of sp³-hybridized carbons (Fsp3) is 0.222. The maximum Gasteiger partial charge on any atom is 0.113 e. The summed E-state index contributed by atoms with van der Waals surface area (Å²) in [5, 5.41) is 1.16. The molecule has 104 valence electrons. The summed E-state index contributed by atoms with van der Waals surface area (Å²) in [5.74, 6) is 6.27. The van der Waals surface area contributed by atoms with E-state index in [9.17, 15) is 0 Å². The normalized spacial score (nSPS) is 10.4. The van der Waals surface area contributed by atoms with Crippen LogP contribution in [0.1, 0.15) is 28.2 Å². The Morgan fingerprint density at radius 1 is 1.10 bits per heavy atom. The minimum atomic E-state index is 0.814. The Labute approximate surface area is 128 Å². The van der Waals surface area contributed by atoms with Crippen LogP contribution in [0.3, 0.4) is 0 Å². The SMILES string of the molecule is Cc1ccc(C)c2sc(CCC#Cc3ccccn3)nc12. The lowest BCUT2D eigenvalue weighted by Crippen LogP contribution is -1.83. The van der Waals surface area contributed by atoms with Gasteiger partial charge in [0.25, 0.3) is 0 Å². The van der Waals surface area contributed by atoms with Gasteiger partial charge in [0.05, 0.1) is 15.2 Å². The molecule has 0 saturated carbocycles. The number of hydrogen-bond acceptors (Lipinski definition) is 3. The number of aryl methyl sites for hydroxylation is 3. The number of benzene rings is 1. The van der Waals surface area contributed by atoms with Gasteiger partial charge in [0.15, 0.2) is 0 Å². The third-order valence-electron chi connectivity index (χ3n) is 3.33. The van der Waals surface area contributed by atoms with Crippen molar-refractivity contribution in [3.8, 4) is 11.8 Å². The van der Waals surface area contributed by atoms with Gasteiger partial charge in [-0.2, -0.15) is 0 Å². The fourth-order valence-electron chi connectivity index (χ4n) is 2.17. The number of aromatic nitrogens is 2. The average molecular weight is 292 g/mol. The van der Waals surface area contributed by atoms with E-state index in [-0.39, 0.29) is 0 Å². The van der Waals surface area contributed by atoms with Crippen LogP contribution < -0.4 is 0 Å². The summed E-state index contributed by atoms with van der Waals surface area (Å²) in [6, 6.07) is 10.1. The second kappa shape index (κ2) is 6.07. The molecule has 0 radical (unpaired) electrons. The van der Waals surface area contributed by atoms with Crippen molar-refractivity contribution in [1.82, 2.24) is 9.97 Å². The van der Waals surface area contributed by atoms with Crippen molar-refractivity contribution in [2.45, 2.75) is 26.7 Å². The fourth-order valence-corrected chi connectivity index (χ4v) is 3.28. The summed E-state index contributed by atoms with van der Waals surface area (Å²) >= 11 is 1.79. The van der Waals surface area contributed by atoms with Gasteiger partial charge in [0, 0.05) is 19.0 Å². The topological polar surface area (TPSA) is 25.8 Å². The molecule has 3 rings (SSSR count). The first-order chi connectivity index (χ1) is 10.2. The second-order valence-electron chi connectivity index (χ2n) is 5.00. The van der Waals surface area contributed by atoms with Crippen LogP contribution in [0.2, 0.25) is 0 Å². The lowest BCUT2D eigenvalue weighted by atomic mass is 10.1. The zero-order valence-electron chi connectivity index (χ0n) is 12.2. The first-order valence-electron chi connectivity index (χ1n) is 6.99. The van der Waals surface area contributed by atoms with Crippen LogP contribution in [-0.2, 0) is 6.42 Å². The Balaban J connectivity index is 1.73. The van der Waals surface area contributed by atoms with E-state index in [4.69, 9.17) is 4.98 Å². The maximum atomic E-state index is 4.75. The van der Waals surface area contributed by atoms with Gasteiger partial charge in [-0.05, 0) is 43.0 Å². The van der Waals surface area contributed by atoms with Crippen molar-refractivity contribution in [3.05, 3.63) is 58.4 Å². The van der Waals surface area contributed by atoms with Gasteiger partial charge in [0.2, 0.25) is 0 Å². The van der Waals surface area contributed by atoms with Crippen molar-refractivity contribution >= 4 is 21.6 Å². The van der Waals surface area contributed by atoms with E-state index < -0.39 is 0 Å². The Hall–Kier alpha value is -2.18. The van der Waals surface area contributed by atoms with Gasteiger partial charge >= 0.3 is 0 Å². The van der Waals surface area contributed by atoms with Crippen molar-refractivity contribution in [2.75, 3.05) is 0 Å². The van der Waals surface area contributed by atoms with E-state index in [1.165, 1.54) is 15.8 Å². The molecular weight excluding hydrogens is 276 g/mol. The molecule has 0 aliphatic rings. The van der Waals surface area contributed by atoms with E-state index in [2.05, 4.69) is 42.8 Å². The molecule has 0 spiro atoms. The average Bonchev–Trinajstić information content (AvgIpc) is 2.94. The molecule has 1 aromatic carbocycles. The van der Waals surface area contributed by atoms with E-state index in [0.29, 0.717) is 0 Å². The van der Waals surface area contributed by atoms with Crippen molar-refractivity contribution < 1.29 is 0 Å².